The first-order chi connectivity index (χ1) is 23.3. The predicted molar refractivity (Wildman–Crippen MR) is 181 cm³/mol. The topological polar surface area (TPSA) is 146 Å². The molecule has 3 fully saturated rings. The van der Waals surface area contributed by atoms with Gasteiger partial charge in [-0.2, -0.15) is 0 Å². The lowest BCUT2D eigenvalue weighted by Gasteiger charge is -2.41. The summed E-state index contributed by atoms with van der Waals surface area (Å²) in [6, 6.07) is 11.2. The largest absolute Gasteiger partial charge is 0.426 e. The number of fused-ring (bicyclic) bond motifs is 2. The number of nitrogens with zero attached hydrogens (tertiary/aromatic N) is 4. The Labute approximate surface area is 279 Å². The van der Waals surface area contributed by atoms with E-state index < -0.39 is 12.1 Å². The molecule has 4 N–H and O–H groups in total. The lowest BCUT2D eigenvalue weighted by molar-refractivity contribution is -0.137. The number of likely N-dealkylation sites (tertiary alicyclic amines) is 2. The zero-order valence-electron chi connectivity index (χ0n) is 27.6. The number of hydrogen-bond donors (Lipinski definition) is 4. The summed E-state index contributed by atoms with van der Waals surface area (Å²) in [5.74, 6) is -0.126. The minimum absolute atomic E-state index is 0.0292. The highest BCUT2D eigenvalue weighted by molar-refractivity contribution is 5.92. The number of nitrogens with one attached hydrogen (secondary N) is 4. The Hall–Kier alpha value is -4.36. The molecule has 2 aromatic carbocycles. The Balaban J connectivity index is 0.986. The number of piperidine rings is 3. The maximum absolute atomic E-state index is 14.0. The maximum Gasteiger partial charge on any atom is 0.426 e. The van der Waals surface area contributed by atoms with Gasteiger partial charge in [-0.15, -0.1) is 5.06 Å². The number of rotatable bonds is 7. The fourth-order valence-electron chi connectivity index (χ4n) is 7.95. The first-order valence-electron chi connectivity index (χ1n) is 17.4. The van der Waals surface area contributed by atoms with E-state index in [1.165, 1.54) is 19.3 Å². The van der Waals surface area contributed by atoms with Crippen LogP contribution in [0.3, 0.4) is 0 Å². The van der Waals surface area contributed by atoms with Crippen LogP contribution in [0.5, 0.6) is 0 Å². The van der Waals surface area contributed by atoms with Crippen LogP contribution in [0.1, 0.15) is 61.6 Å². The number of aryl methyl sites for hydroxylation is 1. The maximum atomic E-state index is 14.0. The summed E-state index contributed by atoms with van der Waals surface area (Å²) >= 11 is 0. The second-order valence-corrected chi connectivity index (χ2v) is 13.7. The van der Waals surface area contributed by atoms with Crippen LogP contribution in [0.25, 0.3) is 11.0 Å². The van der Waals surface area contributed by atoms with Gasteiger partial charge in [0.15, 0.2) is 0 Å². The number of carbonyl (C=O) groups excluding carboxylic acids is 3. The molecule has 5 heterocycles. The minimum atomic E-state index is -0.832. The third-order valence-electron chi connectivity index (χ3n) is 10.5. The van der Waals surface area contributed by atoms with Crippen molar-refractivity contribution in [3.8, 4) is 0 Å². The number of aromatic nitrogens is 2. The molecule has 256 valence electrons. The van der Waals surface area contributed by atoms with Crippen molar-refractivity contribution in [1.82, 2.24) is 35.0 Å². The normalized spacial score (nSPS) is 20.7. The van der Waals surface area contributed by atoms with Crippen LogP contribution in [0.15, 0.2) is 41.2 Å². The van der Waals surface area contributed by atoms with E-state index in [0.29, 0.717) is 57.1 Å². The minimum Gasteiger partial charge on any atom is -0.351 e. The number of carbonyl (C=O) groups is 3. The van der Waals surface area contributed by atoms with Crippen LogP contribution in [-0.4, -0.2) is 105 Å². The Morgan fingerprint density at radius 3 is 2.42 bits per heavy atom. The number of urea groups is 1. The Kier molecular flexibility index (Phi) is 9.40. The van der Waals surface area contributed by atoms with Gasteiger partial charge in [0, 0.05) is 56.9 Å². The fraction of sp³-hybridized carbons (Fsp3) is 0.543. The van der Waals surface area contributed by atoms with Gasteiger partial charge in [0.05, 0.1) is 11.0 Å². The molecular formula is C35H46N8O5. The number of imidazole rings is 1. The Bertz CT molecular complexity index is 1700. The quantitative estimate of drug-likeness (QED) is 0.303. The third kappa shape index (κ3) is 7.07. The SMILES string of the molecule is Cc1cc(CC(NC(=O)ON2CCC(N3Cc4ccccc4NC3=O)CC2)C(=O)N2CCC(N3CCCCC3)CC2)cc2[nH]c(=O)[nH]c12. The first-order valence-corrected chi connectivity index (χ1v) is 17.4. The molecule has 4 aliphatic rings. The Morgan fingerprint density at radius 1 is 0.917 bits per heavy atom. The highest BCUT2D eigenvalue weighted by Gasteiger charge is 2.35. The molecule has 13 nitrogen and oxygen atoms in total. The van der Waals surface area contributed by atoms with Crippen molar-refractivity contribution in [1.29, 1.82) is 0 Å². The van der Waals surface area contributed by atoms with Gasteiger partial charge in [-0.3, -0.25) is 4.79 Å². The van der Waals surface area contributed by atoms with Gasteiger partial charge in [0.25, 0.3) is 0 Å². The lowest BCUT2D eigenvalue weighted by Crippen LogP contribution is -2.55. The lowest BCUT2D eigenvalue weighted by atomic mass is 9.98. The van der Waals surface area contributed by atoms with Crippen LogP contribution < -0.4 is 16.3 Å². The van der Waals surface area contributed by atoms with Gasteiger partial charge < -0.3 is 40.1 Å². The summed E-state index contributed by atoms with van der Waals surface area (Å²) in [5, 5.41) is 7.49. The van der Waals surface area contributed by atoms with E-state index >= 15 is 0 Å². The summed E-state index contributed by atoms with van der Waals surface area (Å²) in [6.07, 6.45) is 6.53. The number of hydrogen-bond acceptors (Lipinski definition) is 7. The van der Waals surface area contributed by atoms with E-state index in [2.05, 4.69) is 25.5 Å². The van der Waals surface area contributed by atoms with Crippen LogP contribution in [0, 0.1) is 6.92 Å². The van der Waals surface area contributed by atoms with E-state index in [-0.39, 0.29) is 30.1 Å². The van der Waals surface area contributed by atoms with Crippen molar-refractivity contribution in [2.75, 3.05) is 44.6 Å². The number of aromatic amines is 2. The van der Waals surface area contributed by atoms with Gasteiger partial charge in [0.2, 0.25) is 5.91 Å². The third-order valence-corrected chi connectivity index (χ3v) is 10.5. The van der Waals surface area contributed by atoms with Gasteiger partial charge in [0.1, 0.15) is 6.04 Å². The van der Waals surface area contributed by atoms with Crippen LogP contribution in [0.2, 0.25) is 0 Å². The summed E-state index contributed by atoms with van der Waals surface area (Å²) in [4.78, 5) is 69.8. The number of benzene rings is 2. The number of anilines is 1. The number of para-hydroxylation sites is 1. The zero-order valence-corrected chi connectivity index (χ0v) is 27.6. The first kappa shape index (κ1) is 32.2. The number of H-pyrrole nitrogens is 2. The van der Waals surface area contributed by atoms with E-state index in [4.69, 9.17) is 4.84 Å². The smallest absolute Gasteiger partial charge is 0.351 e. The van der Waals surface area contributed by atoms with Crippen molar-refractivity contribution < 1.29 is 19.2 Å². The van der Waals surface area contributed by atoms with Crippen LogP contribution >= 0.6 is 0 Å². The van der Waals surface area contributed by atoms with Crippen molar-refractivity contribution in [3.63, 3.8) is 0 Å². The summed E-state index contributed by atoms with van der Waals surface area (Å²) in [7, 11) is 0. The van der Waals surface area contributed by atoms with Gasteiger partial charge >= 0.3 is 17.8 Å². The van der Waals surface area contributed by atoms with Crippen molar-refractivity contribution >= 4 is 34.8 Å². The van der Waals surface area contributed by atoms with Crippen molar-refractivity contribution in [2.24, 2.45) is 0 Å². The second kappa shape index (κ2) is 14.0. The molecule has 3 saturated heterocycles. The van der Waals surface area contributed by atoms with E-state index in [1.54, 1.807) is 5.06 Å². The molecule has 0 radical (unpaired) electrons. The standard InChI is InChI=1S/C35H46N8O5/c1-23-19-24(20-29-31(23)39-33(45)36-29)21-30(32(44)41-15-9-26(10-16-41)40-13-5-2-6-14-40)38-35(47)48-42-17-11-27(12-18-42)43-22-25-7-3-4-8-28(25)37-34(43)46/h3-4,7-8,19-20,26-27,30H,2,5-6,9-18,21-22H2,1H3,(H,37,46)(H,38,47)(H2,36,39,45). The van der Waals surface area contributed by atoms with E-state index in [9.17, 15) is 19.2 Å². The molecule has 0 spiro atoms. The zero-order chi connectivity index (χ0) is 33.2. The monoisotopic (exact) mass is 658 g/mol. The van der Waals surface area contributed by atoms with Crippen LogP contribution in [0.4, 0.5) is 15.3 Å². The number of amides is 4. The summed E-state index contributed by atoms with van der Waals surface area (Å²) < 4.78 is 0. The van der Waals surface area contributed by atoms with Gasteiger partial charge in [-0.25, -0.2) is 14.4 Å². The molecule has 0 bridgehead atoms. The molecule has 0 aliphatic carbocycles. The number of hydroxylamine groups is 2. The van der Waals surface area contributed by atoms with E-state index in [0.717, 1.165) is 53.8 Å². The summed E-state index contributed by atoms with van der Waals surface area (Å²) in [6.45, 7) is 6.98. The second-order valence-electron chi connectivity index (χ2n) is 13.7. The fourth-order valence-corrected chi connectivity index (χ4v) is 7.95. The molecule has 4 amide bonds. The molecule has 3 aromatic rings. The Morgan fingerprint density at radius 2 is 1.65 bits per heavy atom. The summed E-state index contributed by atoms with van der Waals surface area (Å²) in [5.41, 5.74) is 4.76. The van der Waals surface area contributed by atoms with Crippen molar-refractivity contribution in [2.45, 2.75) is 83.0 Å². The highest BCUT2D eigenvalue weighted by Crippen LogP contribution is 2.28. The molecular weight excluding hydrogens is 612 g/mol. The van der Waals surface area contributed by atoms with Crippen LogP contribution in [-0.2, 0) is 22.6 Å². The predicted octanol–water partition coefficient (Wildman–Crippen LogP) is 3.71. The van der Waals surface area contributed by atoms with Gasteiger partial charge in [-0.1, -0.05) is 30.7 Å². The molecule has 1 aromatic heterocycles. The van der Waals surface area contributed by atoms with E-state index in [1.807, 2.05) is 53.1 Å². The van der Waals surface area contributed by atoms with Crippen molar-refractivity contribution in [3.05, 3.63) is 63.6 Å². The molecule has 13 heteroatoms. The molecule has 0 saturated carbocycles. The molecule has 48 heavy (non-hydrogen) atoms. The van der Waals surface area contributed by atoms with Gasteiger partial charge in [-0.05, 0) is 87.4 Å². The molecule has 1 unspecified atom stereocenters. The molecule has 7 rings (SSSR count). The average molecular weight is 659 g/mol. The average Bonchev–Trinajstić information content (AvgIpc) is 3.49. The molecule has 4 aliphatic heterocycles. The highest BCUT2D eigenvalue weighted by atomic mass is 16.7. The molecule has 1 atom stereocenters.